The zero-order chi connectivity index (χ0) is 10.0. The van der Waals surface area contributed by atoms with Gasteiger partial charge in [-0.05, 0) is 12.8 Å². The van der Waals surface area contributed by atoms with E-state index in [4.69, 9.17) is 10.5 Å². The molecule has 2 aliphatic rings. The van der Waals surface area contributed by atoms with Crippen LogP contribution in [-0.4, -0.2) is 36.2 Å². The van der Waals surface area contributed by atoms with Gasteiger partial charge in [0.25, 0.3) is 0 Å². The lowest BCUT2D eigenvalue weighted by atomic mass is 9.88. The van der Waals surface area contributed by atoms with E-state index in [1.54, 1.807) is 0 Å². The Labute approximate surface area is 84.4 Å². The van der Waals surface area contributed by atoms with Gasteiger partial charge in [0.15, 0.2) is 0 Å². The first-order valence-corrected chi connectivity index (χ1v) is 5.40. The number of morpholine rings is 1. The number of nitrogens with zero attached hydrogens (tertiary/aromatic N) is 1. The summed E-state index contributed by atoms with van der Waals surface area (Å²) in [4.78, 5) is 13.2. The molecule has 0 radical (unpaired) electrons. The number of hydrogen-bond donors (Lipinski definition) is 1. The van der Waals surface area contributed by atoms with Crippen LogP contribution in [0.1, 0.15) is 32.1 Å². The Balaban J connectivity index is 2.00. The molecule has 0 spiro atoms. The summed E-state index contributed by atoms with van der Waals surface area (Å²) in [5, 5.41) is 0. The van der Waals surface area contributed by atoms with Crippen LogP contribution in [0.5, 0.6) is 0 Å². The van der Waals surface area contributed by atoms with Gasteiger partial charge in [0.1, 0.15) is 6.61 Å². The molecule has 0 atom stereocenters. The van der Waals surface area contributed by atoms with Crippen molar-refractivity contribution in [1.29, 1.82) is 0 Å². The normalized spacial score (nSPS) is 28.5. The number of hydrogen-bond acceptors (Lipinski definition) is 4. The Kier molecular flexibility index (Phi) is 2.74. The smallest absolute Gasteiger partial charge is 0.320 e. The average molecular weight is 198 g/mol. The van der Waals surface area contributed by atoms with Crippen LogP contribution < -0.4 is 5.73 Å². The summed E-state index contributed by atoms with van der Waals surface area (Å²) in [7, 11) is 0. The highest BCUT2D eigenvalue weighted by atomic mass is 16.5. The number of ether oxygens (including phenoxy) is 1. The molecule has 2 fully saturated rings. The molecule has 2 rings (SSSR count). The maximum Gasteiger partial charge on any atom is 0.320 e. The van der Waals surface area contributed by atoms with Gasteiger partial charge in [-0.1, -0.05) is 19.3 Å². The molecule has 0 bridgehead atoms. The minimum atomic E-state index is -0.238. The van der Waals surface area contributed by atoms with E-state index >= 15 is 0 Å². The maximum atomic E-state index is 11.1. The van der Waals surface area contributed by atoms with Crippen molar-refractivity contribution >= 4 is 5.97 Å². The second-order valence-corrected chi connectivity index (χ2v) is 4.31. The van der Waals surface area contributed by atoms with E-state index in [1.165, 1.54) is 19.3 Å². The summed E-state index contributed by atoms with van der Waals surface area (Å²) in [6, 6.07) is 0. The van der Waals surface area contributed by atoms with Crippen molar-refractivity contribution in [2.45, 2.75) is 37.8 Å². The Bertz CT molecular complexity index is 224. The van der Waals surface area contributed by atoms with Gasteiger partial charge in [-0.15, -0.1) is 0 Å². The van der Waals surface area contributed by atoms with Crippen LogP contribution in [0.25, 0.3) is 0 Å². The molecule has 0 amide bonds. The molecule has 1 aliphatic heterocycles. The molecule has 1 heterocycles. The first-order valence-electron chi connectivity index (χ1n) is 5.40. The predicted octanol–water partition coefficient (Wildman–Crippen LogP) is 0.464. The second kappa shape index (κ2) is 3.87. The van der Waals surface area contributed by atoms with Gasteiger partial charge in [0.05, 0.1) is 12.2 Å². The Hall–Kier alpha value is -0.610. The minimum absolute atomic E-state index is 0.133. The topological polar surface area (TPSA) is 55.6 Å². The molecule has 0 aromatic heterocycles. The molecule has 80 valence electrons. The third kappa shape index (κ3) is 1.91. The highest BCUT2D eigenvalue weighted by Gasteiger charge is 2.36. The first-order chi connectivity index (χ1) is 6.71. The summed E-state index contributed by atoms with van der Waals surface area (Å²) in [5.41, 5.74) is 6.08. The first kappa shape index (κ1) is 9.93. The van der Waals surface area contributed by atoms with Gasteiger partial charge in [0, 0.05) is 6.54 Å². The van der Waals surface area contributed by atoms with Crippen molar-refractivity contribution in [3.63, 3.8) is 0 Å². The largest absolute Gasteiger partial charge is 0.463 e. The number of carbonyl (C=O) groups excluding carboxylic acids is 1. The number of nitrogens with two attached hydrogens (primary N) is 1. The third-order valence-electron chi connectivity index (χ3n) is 3.29. The van der Waals surface area contributed by atoms with E-state index in [1.807, 2.05) is 0 Å². The van der Waals surface area contributed by atoms with Crippen LogP contribution in [0.15, 0.2) is 0 Å². The molecule has 4 nitrogen and oxygen atoms in total. The molecule has 1 aliphatic carbocycles. The van der Waals surface area contributed by atoms with E-state index < -0.39 is 0 Å². The summed E-state index contributed by atoms with van der Waals surface area (Å²) in [6.45, 7) is 1.66. The molecule has 2 N–H and O–H groups in total. The van der Waals surface area contributed by atoms with Crippen LogP contribution in [0.2, 0.25) is 0 Å². The van der Waals surface area contributed by atoms with E-state index in [0.717, 1.165) is 19.4 Å². The number of esters is 1. The molecular weight excluding hydrogens is 180 g/mol. The monoisotopic (exact) mass is 198 g/mol. The summed E-state index contributed by atoms with van der Waals surface area (Å²) >= 11 is 0. The van der Waals surface area contributed by atoms with Gasteiger partial charge in [-0.2, -0.15) is 0 Å². The SMILES string of the molecule is NC1(N2CCOC(=O)C2)CCCCC1. The van der Waals surface area contributed by atoms with Gasteiger partial charge < -0.3 is 10.5 Å². The standard InChI is InChI=1S/C10H18N2O2/c11-10(4-2-1-3-5-10)12-6-7-14-9(13)8-12/h1-8,11H2. The summed E-state index contributed by atoms with van der Waals surface area (Å²) in [6.07, 6.45) is 5.67. The molecule has 1 saturated heterocycles. The number of cyclic esters (lactones) is 1. The molecular formula is C10H18N2O2. The van der Waals surface area contributed by atoms with Crippen molar-refractivity contribution in [2.75, 3.05) is 19.7 Å². The van der Waals surface area contributed by atoms with Crippen LogP contribution >= 0.6 is 0 Å². The zero-order valence-electron chi connectivity index (χ0n) is 8.50. The van der Waals surface area contributed by atoms with E-state index in [9.17, 15) is 4.79 Å². The fraction of sp³-hybridized carbons (Fsp3) is 0.900. The Morgan fingerprint density at radius 2 is 2.00 bits per heavy atom. The second-order valence-electron chi connectivity index (χ2n) is 4.31. The van der Waals surface area contributed by atoms with Crippen LogP contribution in [0.3, 0.4) is 0 Å². The van der Waals surface area contributed by atoms with E-state index in [-0.39, 0.29) is 11.6 Å². The number of carbonyl (C=O) groups is 1. The van der Waals surface area contributed by atoms with Crippen LogP contribution in [-0.2, 0) is 9.53 Å². The molecule has 1 saturated carbocycles. The van der Waals surface area contributed by atoms with E-state index in [0.29, 0.717) is 13.2 Å². The van der Waals surface area contributed by atoms with Gasteiger partial charge in [-0.25, -0.2) is 0 Å². The minimum Gasteiger partial charge on any atom is -0.463 e. The van der Waals surface area contributed by atoms with Crippen molar-refractivity contribution in [3.05, 3.63) is 0 Å². The zero-order valence-corrected chi connectivity index (χ0v) is 8.50. The van der Waals surface area contributed by atoms with Gasteiger partial charge in [-0.3, -0.25) is 9.69 Å². The highest BCUT2D eigenvalue weighted by Crippen LogP contribution is 2.29. The molecule has 0 aromatic rings. The van der Waals surface area contributed by atoms with Crippen molar-refractivity contribution in [3.8, 4) is 0 Å². The Morgan fingerprint density at radius 1 is 1.29 bits per heavy atom. The number of rotatable bonds is 1. The van der Waals surface area contributed by atoms with Crippen molar-refractivity contribution in [1.82, 2.24) is 4.90 Å². The average Bonchev–Trinajstić information content (AvgIpc) is 2.19. The lowest BCUT2D eigenvalue weighted by Crippen LogP contribution is -2.61. The van der Waals surface area contributed by atoms with Crippen molar-refractivity contribution < 1.29 is 9.53 Å². The van der Waals surface area contributed by atoms with E-state index in [2.05, 4.69) is 4.90 Å². The highest BCUT2D eigenvalue weighted by molar-refractivity contribution is 5.72. The van der Waals surface area contributed by atoms with Crippen LogP contribution in [0.4, 0.5) is 0 Å². The molecule has 14 heavy (non-hydrogen) atoms. The fourth-order valence-electron chi connectivity index (χ4n) is 2.41. The fourth-order valence-corrected chi connectivity index (χ4v) is 2.41. The van der Waals surface area contributed by atoms with Gasteiger partial charge in [0.2, 0.25) is 0 Å². The molecule has 4 heteroatoms. The van der Waals surface area contributed by atoms with Crippen LogP contribution in [0, 0.1) is 0 Å². The maximum absolute atomic E-state index is 11.1. The van der Waals surface area contributed by atoms with Crippen molar-refractivity contribution in [2.24, 2.45) is 5.73 Å². The molecule has 0 unspecified atom stereocenters. The van der Waals surface area contributed by atoms with Gasteiger partial charge >= 0.3 is 5.97 Å². The Morgan fingerprint density at radius 3 is 2.64 bits per heavy atom. The quantitative estimate of drug-likeness (QED) is 0.622. The third-order valence-corrected chi connectivity index (χ3v) is 3.29. The summed E-state index contributed by atoms with van der Waals surface area (Å²) < 4.78 is 4.91. The summed E-state index contributed by atoms with van der Waals surface area (Å²) in [5.74, 6) is -0.133. The predicted molar refractivity (Wildman–Crippen MR) is 52.5 cm³/mol. The molecule has 0 aromatic carbocycles. The lowest BCUT2D eigenvalue weighted by molar-refractivity contribution is -0.155. The lowest BCUT2D eigenvalue weighted by Gasteiger charge is -2.44.